The monoisotopic (exact) mass is 357 g/mol. The van der Waals surface area contributed by atoms with Crippen molar-refractivity contribution in [3.8, 4) is 0 Å². The quantitative estimate of drug-likeness (QED) is 0.706. The molecule has 0 saturated heterocycles. The van der Waals surface area contributed by atoms with Crippen LogP contribution in [0.15, 0.2) is 65.8 Å². The summed E-state index contributed by atoms with van der Waals surface area (Å²) < 4.78 is 20.1. The molecule has 0 aromatic heterocycles. The molecule has 5 heteroatoms. The second kappa shape index (κ2) is 7.99. The first-order chi connectivity index (χ1) is 12.2. The van der Waals surface area contributed by atoms with Crippen LogP contribution < -0.4 is 10.6 Å². The summed E-state index contributed by atoms with van der Waals surface area (Å²) in [5.41, 5.74) is 1.02. The highest BCUT2D eigenvalue weighted by molar-refractivity contribution is 7.79. The van der Waals surface area contributed by atoms with Gasteiger partial charge in [0.1, 0.15) is 0 Å². The van der Waals surface area contributed by atoms with E-state index in [9.17, 15) is 4.57 Å². The summed E-state index contributed by atoms with van der Waals surface area (Å²) in [5.74, 6) is -0.574. The maximum Gasteiger partial charge on any atom is 0.174 e. The normalized spacial score (nSPS) is 18.5. The molecule has 2 aromatic rings. The molecule has 0 radical (unpaired) electrons. The van der Waals surface area contributed by atoms with Gasteiger partial charge in [-0.3, -0.25) is 0 Å². The van der Waals surface area contributed by atoms with Crippen LogP contribution in [0.4, 0.5) is 0 Å². The Morgan fingerprint density at radius 2 is 1.68 bits per heavy atom. The number of methoxy groups -OCH3 is 1. The molecule has 0 bridgehead atoms. The van der Waals surface area contributed by atoms with Crippen molar-refractivity contribution in [2.24, 2.45) is 5.16 Å². The molecule has 1 heterocycles. The fraction of sp³-hybridized carbons (Fsp3) is 0.350. The maximum atomic E-state index is 14.3. The van der Waals surface area contributed by atoms with Gasteiger partial charge in [0, 0.05) is 24.1 Å². The predicted octanol–water partition coefficient (Wildman–Crippen LogP) is 3.92. The maximum absolute atomic E-state index is 14.3. The lowest BCUT2D eigenvalue weighted by Gasteiger charge is -2.30. The summed E-state index contributed by atoms with van der Waals surface area (Å²) in [6.07, 6.45) is 2.24. The molecule has 2 atom stereocenters. The number of ether oxygens (including phenoxy) is 1. The lowest BCUT2D eigenvalue weighted by molar-refractivity contribution is -0.000933. The van der Waals surface area contributed by atoms with Gasteiger partial charge in [-0.25, -0.2) is 0 Å². The molecule has 1 aliphatic heterocycles. The molecular formula is C20H24NO3P. The van der Waals surface area contributed by atoms with Crippen LogP contribution in [0.25, 0.3) is 0 Å². The molecule has 0 N–H and O–H groups in total. The third kappa shape index (κ3) is 3.56. The summed E-state index contributed by atoms with van der Waals surface area (Å²) in [4.78, 5) is 5.65. The number of benzene rings is 2. The summed E-state index contributed by atoms with van der Waals surface area (Å²) in [7, 11) is -1.45. The fourth-order valence-corrected chi connectivity index (χ4v) is 6.36. The highest BCUT2D eigenvalue weighted by atomic mass is 31.2. The summed E-state index contributed by atoms with van der Waals surface area (Å²) in [6, 6.07) is 19.1. The first-order valence-electron chi connectivity index (χ1n) is 8.65. The highest BCUT2D eigenvalue weighted by Crippen LogP contribution is 2.51. The van der Waals surface area contributed by atoms with Crippen molar-refractivity contribution in [2.75, 3.05) is 7.11 Å². The first-order valence-corrected chi connectivity index (χ1v) is 10.4. The minimum atomic E-state index is -3.05. The zero-order chi connectivity index (χ0) is 17.7. The van der Waals surface area contributed by atoms with Crippen LogP contribution in [0.2, 0.25) is 0 Å². The number of rotatable bonds is 7. The van der Waals surface area contributed by atoms with Crippen LogP contribution >= 0.6 is 7.14 Å². The van der Waals surface area contributed by atoms with Gasteiger partial charge in [0.2, 0.25) is 0 Å². The van der Waals surface area contributed by atoms with E-state index in [0.29, 0.717) is 6.42 Å². The minimum Gasteiger partial charge on any atom is -0.389 e. The molecule has 25 heavy (non-hydrogen) atoms. The average Bonchev–Trinajstić information content (AvgIpc) is 3.12. The number of oxime groups is 1. The lowest BCUT2D eigenvalue weighted by atomic mass is 10.1. The second-order valence-electron chi connectivity index (χ2n) is 6.21. The molecule has 0 fully saturated rings. The van der Waals surface area contributed by atoms with E-state index in [1.54, 1.807) is 7.11 Å². The summed E-state index contributed by atoms with van der Waals surface area (Å²) >= 11 is 0. The van der Waals surface area contributed by atoms with Gasteiger partial charge in [-0.1, -0.05) is 79.2 Å². The van der Waals surface area contributed by atoms with Gasteiger partial charge in [0.25, 0.3) is 0 Å². The van der Waals surface area contributed by atoms with Crippen molar-refractivity contribution >= 4 is 23.5 Å². The van der Waals surface area contributed by atoms with Crippen molar-refractivity contribution in [1.29, 1.82) is 0 Å². The van der Waals surface area contributed by atoms with E-state index in [1.165, 1.54) is 0 Å². The van der Waals surface area contributed by atoms with E-state index in [-0.39, 0.29) is 6.10 Å². The van der Waals surface area contributed by atoms with Crippen LogP contribution in [0, 0.1) is 0 Å². The van der Waals surface area contributed by atoms with Gasteiger partial charge in [-0.05, 0) is 6.42 Å². The Labute approximate surface area is 149 Å². The van der Waals surface area contributed by atoms with Crippen LogP contribution in [-0.4, -0.2) is 24.8 Å². The van der Waals surface area contributed by atoms with E-state index in [4.69, 9.17) is 9.57 Å². The Hall–Kier alpha value is -1.90. The Morgan fingerprint density at radius 3 is 2.16 bits per heavy atom. The smallest absolute Gasteiger partial charge is 0.174 e. The first kappa shape index (κ1) is 17.9. The van der Waals surface area contributed by atoms with Crippen LogP contribution in [-0.2, 0) is 14.1 Å². The molecule has 0 spiro atoms. The van der Waals surface area contributed by atoms with Crippen molar-refractivity contribution < 1.29 is 14.1 Å². The van der Waals surface area contributed by atoms with Gasteiger partial charge in [0.15, 0.2) is 19.1 Å². The van der Waals surface area contributed by atoms with Crippen LogP contribution in [0.1, 0.15) is 26.2 Å². The third-order valence-corrected chi connectivity index (χ3v) is 7.88. The Bertz CT molecular complexity index is 718. The van der Waals surface area contributed by atoms with E-state index >= 15 is 0 Å². The van der Waals surface area contributed by atoms with Crippen LogP contribution in [0.3, 0.4) is 0 Å². The van der Waals surface area contributed by atoms with Gasteiger partial charge in [0.05, 0.1) is 5.71 Å². The number of hydrogen-bond acceptors (Lipinski definition) is 4. The molecule has 0 amide bonds. The Morgan fingerprint density at radius 1 is 1.12 bits per heavy atom. The van der Waals surface area contributed by atoms with Crippen molar-refractivity contribution in [3.63, 3.8) is 0 Å². The molecule has 4 nitrogen and oxygen atoms in total. The zero-order valence-electron chi connectivity index (χ0n) is 14.7. The Kier molecular flexibility index (Phi) is 5.72. The SMILES string of the molecule is CCCC1=NO[C@@H]([C@@H](OC)P(=O)(c2ccccc2)c2ccccc2)C1. The van der Waals surface area contributed by atoms with E-state index in [1.807, 2.05) is 60.7 Å². The fourth-order valence-electron chi connectivity index (χ4n) is 3.31. The number of nitrogens with zero attached hydrogens (tertiary/aromatic N) is 1. The molecular weight excluding hydrogens is 333 g/mol. The molecule has 0 aliphatic carbocycles. The van der Waals surface area contributed by atoms with Gasteiger partial charge >= 0.3 is 0 Å². The molecule has 1 aliphatic rings. The van der Waals surface area contributed by atoms with Gasteiger partial charge in [-0.2, -0.15) is 0 Å². The molecule has 3 rings (SSSR count). The molecule has 132 valence electrons. The van der Waals surface area contributed by atoms with E-state index < -0.39 is 13.0 Å². The minimum absolute atomic E-state index is 0.335. The van der Waals surface area contributed by atoms with Crippen molar-refractivity contribution in [1.82, 2.24) is 0 Å². The lowest BCUT2D eigenvalue weighted by Crippen LogP contribution is -2.36. The van der Waals surface area contributed by atoms with E-state index in [2.05, 4.69) is 12.1 Å². The highest BCUT2D eigenvalue weighted by Gasteiger charge is 2.45. The third-order valence-electron chi connectivity index (χ3n) is 4.49. The largest absolute Gasteiger partial charge is 0.389 e. The standard InChI is InChI=1S/C20H24NO3P/c1-3-10-16-15-19(24-21-16)20(23-2)25(22,17-11-6-4-7-12-17)18-13-8-5-9-14-18/h4-9,11-14,19-20H,3,10,15H2,1-2H3/t19-,20+/m1/s1. The molecule has 2 aromatic carbocycles. The van der Waals surface area contributed by atoms with E-state index in [0.717, 1.165) is 29.2 Å². The van der Waals surface area contributed by atoms with Gasteiger partial charge in [-0.15, -0.1) is 0 Å². The number of hydrogen-bond donors (Lipinski definition) is 0. The summed E-state index contributed by atoms with van der Waals surface area (Å²) in [6.45, 7) is 2.11. The van der Waals surface area contributed by atoms with Crippen molar-refractivity contribution in [3.05, 3.63) is 60.7 Å². The van der Waals surface area contributed by atoms with Gasteiger partial charge < -0.3 is 14.1 Å². The Balaban J connectivity index is 2.01. The zero-order valence-corrected chi connectivity index (χ0v) is 15.6. The topological polar surface area (TPSA) is 47.9 Å². The van der Waals surface area contributed by atoms with Crippen LogP contribution in [0.5, 0.6) is 0 Å². The summed E-state index contributed by atoms with van der Waals surface area (Å²) in [5, 5.41) is 5.75. The average molecular weight is 357 g/mol. The molecule has 0 unspecified atom stereocenters. The molecule has 0 saturated carbocycles. The van der Waals surface area contributed by atoms with Crippen molar-refractivity contribution in [2.45, 2.75) is 38.1 Å². The second-order valence-corrected chi connectivity index (χ2v) is 9.07. The predicted molar refractivity (Wildman–Crippen MR) is 102 cm³/mol.